The smallest absolute Gasteiger partial charge is 0.257 e. The normalized spacial score (nSPS) is 13.5. The highest BCUT2D eigenvalue weighted by Crippen LogP contribution is 2.24. The molecular formula is C27H28N4O2S. The van der Waals surface area contributed by atoms with Gasteiger partial charge in [0.2, 0.25) is 5.91 Å². The van der Waals surface area contributed by atoms with Gasteiger partial charge >= 0.3 is 0 Å². The number of carbonyl (C=O) groups excluding carboxylic acids is 2. The number of anilines is 4. The molecule has 3 aromatic carbocycles. The Morgan fingerprint density at radius 1 is 0.706 bits per heavy atom. The van der Waals surface area contributed by atoms with Crippen molar-refractivity contribution in [3.05, 3.63) is 84.4 Å². The van der Waals surface area contributed by atoms with Crippen molar-refractivity contribution in [1.82, 2.24) is 5.32 Å². The van der Waals surface area contributed by atoms with Crippen molar-refractivity contribution in [2.45, 2.75) is 32.1 Å². The van der Waals surface area contributed by atoms with Crippen molar-refractivity contribution in [3.8, 4) is 0 Å². The molecule has 1 saturated carbocycles. The SMILES string of the molecule is O=C(Nc1ccc(Nc2ccccc2)cc1)c1ccccc1NC(=S)NC(=O)C1CCCCC1. The summed E-state index contributed by atoms with van der Waals surface area (Å²) in [6, 6.07) is 24.5. The fourth-order valence-electron chi connectivity index (χ4n) is 4.05. The highest BCUT2D eigenvalue weighted by atomic mass is 32.1. The van der Waals surface area contributed by atoms with E-state index in [1.165, 1.54) is 6.42 Å². The van der Waals surface area contributed by atoms with Crippen LogP contribution >= 0.6 is 12.2 Å². The van der Waals surface area contributed by atoms with Crippen molar-refractivity contribution in [2.24, 2.45) is 5.92 Å². The van der Waals surface area contributed by atoms with E-state index in [2.05, 4.69) is 21.3 Å². The zero-order valence-electron chi connectivity index (χ0n) is 18.8. The molecule has 3 aromatic rings. The summed E-state index contributed by atoms with van der Waals surface area (Å²) in [6.07, 6.45) is 5.12. The molecule has 1 aliphatic rings. The number of benzene rings is 3. The Morgan fingerprint density at radius 2 is 1.32 bits per heavy atom. The standard InChI is InChI=1S/C27H28N4O2S/c32-25(19-9-3-1-4-10-19)31-27(34)30-24-14-8-7-13-23(24)26(33)29-22-17-15-21(16-18-22)28-20-11-5-2-6-12-20/h2,5-8,11-19,28H,1,3-4,9-10H2,(H,29,33)(H2,30,31,32,34). The number of hydrogen-bond donors (Lipinski definition) is 4. The summed E-state index contributed by atoms with van der Waals surface area (Å²) in [5.41, 5.74) is 3.56. The van der Waals surface area contributed by atoms with Gasteiger partial charge in [0.25, 0.3) is 5.91 Å². The molecule has 174 valence electrons. The monoisotopic (exact) mass is 472 g/mol. The van der Waals surface area contributed by atoms with Crippen LogP contribution in [0.2, 0.25) is 0 Å². The van der Waals surface area contributed by atoms with Gasteiger partial charge in [-0.2, -0.15) is 0 Å². The molecule has 4 rings (SSSR count). The summed E-state index contributed by atoms with van der Waals surface area (Å²) in [6.45, 7) is 0. The van der Waals surface area contributed by atoms with Crippen molar-refractivity contribution < 1.29 is 9.59 Å². The zero-order chi connectivity index (χ0) is 23.8. The van der Waals surface area contributed by atoms with E-state index in [1.54, 1.807) is 18.2 Å². The van der Waals surface area contributed by atoms with E-state index >= 15 is 0 Å². The van der Waals surface area contributed by atoms with Crippen LogP contribution in [-0.4, -0.2) is 16.9 Å². The highest BCUT2D eigenvalue weighted by molar-refractivity contribution is 7.80. The molecule has 0 radical (unpaired) electrons. The van der Waals surface area contributed by atoms with Crippen LogP contribution < -0.4 is 21.3 Å². The summed E-state index contributed by atoms with van der Waals surface area (Å²) >= 11 is 5.34. The van der Waals surface area contributed by atoms with E-state index in [0.717, 1.165) is 37.1 Å². The summed E-state index contributed by atoms with van der Waals surface area (Å²) in [5, 5.41) is 12.2. The minimum absolute atomic E-state index is 0.00592. The van der Waals surface area contributed by atoms with Gasteiger partial charge in [-0.3, -0.25) is 9.59 Å². The van der Waals surface area contributed by atoms with E-state index in [1.807, 2.05) is 60.7 Å². The number of rotatable bonds is 6. The average Bonchev–Trinajstić information content (AvgIpc) is 2.86. The number of nitrogens with one attached hydrogen (secondary N) is 4. The van der Waals surface area contributed by atoms with Gasteiger partial charge in [0.15, 0.2) is 5.11 Å². The number of hydrogen-bond acceptors (Lipinski definition) is 4. The first-order chi connectivity index (χ1) is 16.6. The van der Waals surface area contributed by atoms with Crippen molar-refractivity contribution in [2.75, 3.05) is 16.0 Å². The Kier molecular flexibility index (Phi) is 7.88. The molecule has 0 bridgehead atoms. The fraction of sp³-hybridized carbons (Fsp3) is 0.222. The van der Waals surface area contributed by atoms with Gasteiger partial charge in [0.1, 0.15) is 0 Å². The summed E-state index contributed by atoms with van der Waals surface area (Å²) < 4.78 is 0. The molecule has 1 fully saturated rings. The van der Waals surface area contributed by atoms with Crippen LogP contribution in [0, 0.1) is 5.92 Å². The molecule has 0 heterocycles. The number of amides is 2. The number of carbonyl (C=O) groups is 2. The van der Waals surface area contributed by atoms with Gasteiger partial charge in [-0.05, 0) is 73.6 Å². The molecule has 7 heteroatoms. The van der Waals surface area contributed by atoms with Gasteiger partial charge in [-0.1, -0.05) is 49.6 Å². The molecule has 4 N–H and O–H groups in total. The Hall–Kier alpha value is -3.71. The van der Waals surface area contributed by atoms with Crippen molar-refractivity contribution in [3.63, 3.8) is 0 Å². The Balaban J connectivity index is 1.36. The second-order valence-electron chi connectivity index (χ2n) is 8.35. The molecule has 34 heavy (non-hydrogen) atoms. The fourth-order valence-corrected chi connectivity index (χ4v) is 4.26. The predicted molar refractivity (Wildman–Crippen MR) is 142 cm³/mol. The maximum absolute atomic E-state index is 13.0. The van der Waals surface area contributed by atoms with Crippen LogP contribution in [-0.2, 0) is 4.79 Å². The first kappa shape index (κ1) is 23.4. The number of thiocarbonyl (C=S) groups is 1. The molecule has 0 atom stereocenters. The second-order valence-corrected chi connectivity index (χ2v) is 8.75. The van der Waals surface area contributed by atoms with Gasteiger partial charge in [0.05, 0.1) is 11.3 Å². The average molecular weight is 473 g/mol. The van der Waals surface area contributed by atoms with Crippen LogP contribution in [0.3, 0.4) is 0 Å². The molecule has 0 unspecified atom stereocenters. The minimum Gasteiger partial charge on any atom is -0.356 e. The molecule has 2 amide bonds. The molecule has 0 saturated heterocycles. The lowest BCUT2D eigenvalue weighted by Gasteiger charge is -2.21. The number of para-hydroxylation sites is 2. The lowest BCUT2D eigenvalue weighted by molar-refractivity contribution is -0.124. The third-order valence-corrected chi connectivity index (χ3v) is 6.04. The van der Waals surface area contributed by atoms with Crippen LogP contribution in [0.1, 0.15) is 42.5 Å². The zero-order valence-corrected chi connectivity index (χ0v) is 19.7. The van der Waals surface area contributed by atoms with E-state index in [0.29, 0.717) is 16.9 Å². The summed E-state index contributed by atoms with van der Waals surface area (Å²) in [4.78, 5) is 25.4. The predicted octanol–water partition coefficient (Wildman–Crippen LogP) is 6.08. The van der Waals surface area contributed by atoms with Crippen LogP contribution in [0.5, 0.6) is 0 Å². The van der Waals surface area contributed by atoms with Crippen molar-refractivity contribution >= 4 is 51.9 Å². The lowest BCUT2D eigenvalue weighted by atomic mass is 9.89. The summed E-state index contributed by atoms with van der Waals surface area (Å²) in [7, 11) is 0. The molecule has 6 nitrogen and oxygen atoms in total. The highest BCUT2D eigenvalue weighted by Gasteiger charge is 2.22. The summed E-state index contributed by atoms with van der Waals surface area (Å²) in [5.74, 6) is -0.317. The maximum Gasteiger partial charge on any atom is 0.257 e. The molecule has 0 aliphatic heterocycles. The van der Waals surface area contributed by atoms with Crippen LogP contribution in [0.15, 0.2) is 78.9 Å². The van der Waals surface area contributed by atoms with Gasteiger partial charge in [-0.25, -0.2) is 0 Å². The first-order valence-corrected chi connectivity index (χ1v) is 11.9. The Morgan fingerprint density at radius 3 is 2.06 bits per heavy atom. The second kappa shape index (κ2) is 11.4. The minimum atomic E-state index is -0.270. The Bertz CT molecular complexity index is 1140. The van der Waals surface area contributed by atoms with E-state index in [4.69, 9.17) is 12.2 Å². The maximum atomic E-state index is 13.0. The van der Waals surface area contributed by atoms with Gasteiger partial charge in [-0.15, -0.1) is 0 Å². The van der Waals surface area contributed by atoms with E-state index in [9.17, 15) is 9.59 Å². The van der Waals surface area contributed by atoms with E-state index < -0.39 is 0 Å². The molecule has 0 aromatic heterocycles. The quantitative estimate of drug-likeness (QED) is 0.327. The van der Waals surface area contributed by atoms with Crippen molar-refractivity contribution in [1.29, 1.82) is 0 Å². The van der Waals surface area contributed by atoms with Crippen LogP contribution in [0.25, 0.3) is 0 Å². The molecule has 0 spiro atoms. The molecular weight excluding hydrogens is 444 g/mol. The third-order valence-electron chi connectivity index (χ3n) is 5.84. The Labute approximate surface area is 205 Å². The van der Waals surface area contributed by atoms with E-state index in [-0.39, 0.29) is 22.8 Å². The largest absolute Gasteiger partial charge is 0.356 e. The van der Waals surface area contributed by atoms with Gasteiger partial charge in [0, 0.05) is 23.0 Å². The lowest BCUT2D eigenvalue weighted by Crippen LogP contribution is -2.39. The first-order valence-electron chi connectivity index (χ1n) is 11.5. The topological polar surface area (TPSA) is 82.3 Å². The van der Waals surface area contributed by atoms with Crippen LogP contribution in [0.4, 0.5) is 22.7 Å². The molecule has 1 aliphatic carbocycles. The van der Waals surface area contributed by atoms with Gasteiger partial charge < -0.3 is 21.3 Å². The third kappa shape index (κ3) is 6.42.